The summed E-state index contributed by atoms with van der Waals surface area (Å²) in [6.07, 6.45) is 3.46. The number of rotatable bonds is 5. The molecule has 0 atom stereocenters. The number of nitrogens with zero attached hydrogens (tertiary/aromatic N) is 3. The number of anilines is 2. The largest absolute Gasteiger partial charge is 0.350 e. The quantitative estimate of drug-likeness (QED) is 0.515. The van der Waals surface area contributed by atoms with Crippen LogP contribution in [0.2, 0.25) is 0 Å². The Morgan fingerprint density at radius 3 is 2.59 bits per heavy atom. The Labute approximate surface area is 167 Å². The van der Waals surface area contributed by atoms with E-state index < -0.39 is 0 Å². The first-order valence-corrected chi connectivity index (χ1v) is 9.41. The number of carbonyl (C=O) groups excluding carboxylic acids is 1. The number of aromatic nitrogens is 3. The zero-order chi connectivity index (χ0) is 20.4. The second-order valence-corrected chi connectivity index (χ2v) is 6.67. The van der Waals surface area contributed by atoms with E-state index in [2.05, 4.69) is 15.4 Å². The minimum atomic E-state index is -0.330. The van der Waals surface area contributed by atoms with Gasteiger partial charge >= 0.3 is 0 Å². The zero-order valence-corrected chi connectivity index (χ0v) is 16.2. The number of ketones is 1. The number of nitrogens with one attached hydrogen (secondary N) is 1. The van der Waals surface area contributed by atoms with Crippen LogP contribution < -0.4 is 10.9 Å². The molecule has 0 saturated carbocycles. The third-order valence-corrected chi connectivity index (χ3v) is 4.80. The lowest BCUT2D eigenvalue weighted by Crippen LogP contribution is -2.28. The van der Waals surface area contributed by atoms with Gasteiger partial charge in [0.05, 0.1) is 5.56 Å². The van der Waals surface area contributed by atoms with E-state index in [4.69, 9.17) is 0 Å². The highest BCUT2D eigenvalue weighted by atomic mass is 16.1. The molecule has 0 aliphatic heterocycles. The van der Waals surface area contributed by atoms with Crippen LogP contribution in [0.4, 0.5) is 11.4 Å². The fourth-order valence-electron chi connectivity index (χ4n) is 3.41. The molecular formula is C23H20N4O2. The van der Waals surface area contributed by atoms with Crippen LogP contribution in [0.1, 0.15) is 24.2 Å². The zero-order valence-electron chi connectivity index (χ0n) is 16.2. The highest BCUT2D eigenvalue weighted by Gasteiger charge is 2.22. The van der Waals surface area contributed by atoms with Gasteiger partial charge in [-0.05, 0) is 26.0 Å². The Balaban J connectivity index is 1.99. The summed E-state index contributed by atoms with van der Waals surface area (Å²) in [4.78, 5) is 29.9. The van der Waals surface area contributed by atoms with Crippen LogP contribution >= 0.6 is 0 Å². The molecule has 0 spiro atoms. The molecule has 2 heterocycles. The molecule has 4 aromatic rings. The maximum atomic E-state index is 13.1. The van der Waals surface area contributed by atoms with E-state index in [-0.39, 0.29) is 22.6 Å². The van der Waals surface area contributed by atoms with Gasteiger partial charge < -0.3 is 5.32 Å². The van der Waals surface area contributed by atoms with Gasteiger partial charge in [-0.3, -0.25) is 14.6 Å². The minimum absolute atomic E-state index is 0.221. The van der Waals surface area contributed by atoms with Crippen molar-refractivity contribution >= 4 is 27.9 Å². The molecule has 6 nitrogen and oxygen atoms in total. The standard InChI is InChI=1S/C23H20N4O2/c1-3-27-23(29)22(25-19-11-7-10-17-14-24-13-12-18(17)19)20(15(2)28)21(26-27)16-8-5-4-6-9-16/h4-14,25H,3H2,1-2H3. The van der Waals surface area contributed by atoms with Crippen LogP contribution in [-0.2, 0) is 6.54 Å². The Morgan fingerprint density at radius 2 is 1.86 bits per heavy atom. The fourth-order valence-corrected chi connectivity index (χ4v) is 3.41. The van der Waals surface area contributed by atoms with Crippen molar-refractivity contribution in [2.75, 3.05) is 5.32 Å². The van der Waals surface area contributed by atoms with Gasteiger partial charge in [0.15, 0.2) is 5.78 Å². The smallest absolute Gasteiger partial charge is 0.291 e. The van der Waals surface area contributed by atoms with E-state index in [0.717, 1.165) is 22.0 Å². The number of hydrogen-bond donors (Lipinski definition) is 1. The average molecular weight is 384 g/mol. The molecule has 144 valence electrons. The normalized spacial score (nSPS) is 10.8. The van der Waals surface area contributed by atoms with Crippen LogP contribution in [0.5, 0.6) is 0 Å². The number of fused-ring (bicyclic) bond motifs is 1. The molecule has 0 saturated heterocycles. The monoisotopic (exact) mass is 384 g/mol. The van der Waals surface area contributed by atoms with Crippen LogP contribution in [-0.4, -0.2) is 20.5 Å². The molecule has 0 aliphatic carbocycles. The topological polar surface area (TPSA) is 76.9 Å². The Hall–Kier alpha value is -3.80. The van der Waals surface area contributed by atoms with Crippen molar-refractivity contribution < 1.29 is 4.79 Å². The molecule has 0 fully saturated rings. The number of aryl methyl sites for hydroxylation is 1. The molecule has 0 unspecified atom stereocenters. The predicted octanol–water partition coefficient (Wildman–Crippen LogP) is 4.42. The summed E-state index contributed by atoms with van der Waals surface area (Å²) in [7, 11) is 0. The van der Waals surface area contributed by atoms with Gasteiger partial charge in [0, 0.05) is 41.0 Å². The van der Waals surface area contributed by atoms with Crippen molar-refractivity contribution in [2.24, 2.45) is 0 Å². The maximum Gasteiger partial charge on any atom is 0.291 e. The first kappa shape index (κ1) is 18.6. The van der Waals surface area contributed by atoms with Crippen LogP contribution in [0.15, 0.2) is 71.8 Å². The molecule has 29 heavy (non-hydrogen) atoms. The summed E-state index contributed by atoms with van der Waals surface area (Å²) in [5.74, 6) is -0.221. The van der Waals surface area contributed by atoms with Gasteiger partial charge in [-0.15, -0.1) is 0 Å². The fraction of sp³-hybridized carbons (Fsp3) is 0.130. The molecule has 0 aliphatic rings. The summed E-state index contributed by atoms with van der Waals surface area (Å²) in [6.45, 7) is 3.70. The van der Waals surface area contributed by atoms with Crippen molar-refractivity contribution in [1.82, 2.24) is 14.8 Å². The lowest BCUT2D eigenvalue weighted by molar-refractivity contribution is 0.101. The van der Waals surface area contributed by atoms with Gasteiger partial charge in [0.25, 0.3) is 5.56 Å². The summed E-state index contributed by atoms with van der Waals surface area (Å²) in [6, 6.07) is 17.0. The number of pyridine rings is 1. The summed E-state index contributed by atoms with van der Waals surface area (Å²) in [5, 5.41) is 9.56. The van der Waals surface area contributed by atoms with E-state index in [9.17, 15) is 9.59 Å². The van der Waals surface area contributed by atoms with E-state index in [1.807, 2.05) is 61.5 Å². The van der Waals surface area contributed by atoms with Crippen molar-refractivity contribution in [3.05, 3.63) is 82.9 Å². The molecule has 0 radical (unpaired) electrons. The van der Waals surface area contributed by atoms with Crippen molar-refractivity contribution in [3.63, 3.8) is 0 Å². The summed E-state index contributed by atoms with van der Waals surface area (Å²) in [5.41, 5.74) is 2.20. The number of benzene rings is 2. The summed E-state index contributed by atoms with van der Waals surface area (Å²) >= 11 is 0. The lowest BCUT2D eigenvalue weighted by Gasteiger charge is -2.17. The molecule has 2 aromatic carbocycles. The summed E-state index contributed by atoms with van der Waals surface area (Å²) < 4.78 is 1.38. The van der Waals surface area contributed by atoms with Gasteiger partial charge in [-0.2, -0.15) is 5.10 Å². The van der Waals surface area contributed by atoms with Crippen molar-refractivity contribution in [2.45, 2.75) is 20.4 Å². The van der Waals surface area contributed by atoms with Crippen molar-refractivity contribution in [3.8, 4) is 11.3 Å². The van der Waals surface area contributed by atoms with Crippen LogP contribution in [0.3, 0.4) is 0 Å². The SMILES string of the molecule is CCn1nc(-c2ccccc2)c(C(C)=O)c(Nc2cccc3cnccc23)c1=O. The number of Topliss-reactive ketones (excluding diaryl/α,β-unsaturated/α-hetero) is 1. The Morgan fingerprint density at radius 1 is 1.07 bits per heavy atom. The maximum absolute atomic E-state index is 13.1. The number of hydrogen-bond acceptors (Lipinski definition) is 5. The molecule has 1 N–H and O–H groups in total. The van der Waals surface area contributed by atoms with E-state index in [0.29, 0.717) is 12.2 Å². The van der Waals surface area contributed by atoms with E-state index >= 15 is 0 Å². The highest BCUT2D eigenvalue weighted by molar-refractivity contribution is 6.06. The van der Waals surface area contributed by atoms with Crippen molar-refractivity contribution in [1.29, 1.82) is 0 Å². The van der Waals surface area contributed by atoms with Gasteiger partial charge in [0.2, 0.25) is 0 Å². The molecule has 2 aromatic heterocycles. The van der Waals surface area contributed by atoms with E-state index in [1.165, 1.54) is 11.6 Å². The molecule has 0 amide bonds. The third-order valence-electron chi connectivity index (χ3n) is 4.80. The minimum Gasteiger partial charge on any atom is -0.350 e. The number of carbonyl (C=O) groups is 1. The van der Waals surface area contributed by atoms with E-state index in [1.54, 1.807) is 12.4 Å². The Kier molecular flexibility index (Phi) is 4.91. The van der Waals surface area contributed by atoms with Gasteiger partial charge in [-0.1, -0.05) is 42.5 Å². The second kappa shape index (κ2) is 7.67. The first-order valence-electron chi connectivity index (χ1n) is 9.41. The predicted molar refractivity (Wildman–Crippen MR) is 115 cm³/mol. The van der Waals surface area contributed by atoms with Crippen LogP contribution in [0.25, 0.3) is 22.0 Å². The first-order chi connectivity index (χ1) is 14.1. The Bertz CT molecular complexity index is 1260. The lowest BCUT2D eigenvalue weighted by atomic mass is 10.0. The second-order valence-electron chi connectivity index (χ2n) is 6.67. The molecular weight excluding hydrogens is 364 g/mol. The van der Waals surface area contributed by atoms with Crippen LogP contribution in [0, 0.1) is 0 Å². The highest BCUT2D eigenvalue weighted by Crippen LogP contribution is 2.30. The van der Waals surface area contributed by atoms with Gasteiger partial charge in [0.1, 0.15) is 11.4 Å². The average Bonchev–Trinajstić information content (AvgIpc) is 2.75. The third kappa shape index (κ3) is 3.40. The molecule has 0 bridgehead atoms. The van der Waals surface area contributed by atoms with Gasteiger partial charge in [-0.25, -0.2) is 4.68 Å². The molecule has 4 rings (SSSR count). The molecule has 6 heteroatoms.